The molecular weight excluding hydrogens is 305 g/mol. The molecule has 3 nitrogen and oxygen atoms in total. The first-order chi connectivity index (χ1) is 11.6. The maximum Gasteiger partial charge on any atom is 0.224 e. The molecule has 1 aromatic heterocycles. The molecule has 1 N–H and O–H groups in total. The lowest BCUT2D eigenvalue weighted by Gasteiger charge is -2.11. The summed E-state index contributed by atoms with van der Waals surface area (Å²) < 4.78 is 19.6. The van der Waals surface area contributed by atoms with Gasteiger partial charge >= 0.3 is 0 Å². The lowest BCUT2D eigenvalue weighted by atomic mass is 10.1. The predicted molar refractivity (Wildman–Crippen MR) is 90.0 cm³/mol. The topological polar surface area (TPSA) is 42.2 Å². The second kappa shape index (κ2) is 5.78. The van der Waals surface area contributed by atoms with Gasteiger partial charge in [-0.15, -0.1) is 0 Å². The van der Waals surface area contributed by atoms with Crippen LogP contribution in [-0.2, 0) is 4.79 Å². The summed E-state index contributed by atoms with van der Waals surface area (Å²) in [5.41, 5.74) is 1.44. The SMILES string of the molecule is CC(NC(=O)C1CC1c1ccccc1F)c1cc2ccccc2o1. The van der Waals surface area contributed by atoms with E-state index in [0.717, 1.165) is 16.7 Å². The van der Waals surface area contributed by atoms with Crippen LogP contribution in [0.2, 0.25) is 0 Å². The molecule has 24 heavy (non-hydrogen) atoms. The highest BCUT2D eigenvalue weighted by atomic mass is 19.1. The van der Waals surface area contributed by atoms with Crippen LogP contribution in [0.1, 0.15) is 36.6 Å². The van der Waals surface area contributed by atoms with Crippen LogP contribution >= 0.6 is 0 Å². The molecule has 1 amide bonds. The van der Waals surface area contributed by atoms with E-state index in [1.807, 2.05) is 43.3 Å². The van der Waals surface area contributed by atoms with Gasteiger partial charge in [0.05, 0.1) is 6.04 Å². The molecule has 0 radical (unpaired) electrons. The summed E-state index contributed by atoms with van der Waals surface area (Å²) in [4.78, 5) is 12.4. The van der Waals surface area contributed by atoms with Crippen molar-refractivity contribution in [3.8, 4) is 0 Å². The Morgan fingerprint density at radius 3 is 2.75 bits per heavy atom. The highest BCUT2D eigenvalue weighted by Gasteiger charge is 2.45. The number of halogens is 1. The van der Waals surface area contributed by atoms with E-state index in [1.54, 1.807) is 12.1 Å². The van der Waals surface area contributed by atoms with E-state index in [0.29, 0.717) is 12.0 Å². The monoisotopic (exact) mass is 323 g/mol. The molecule has 2 aromatic carbocycles. The Balaban J connectivity index is 1.44. The summed E-state index contributed by atoms with van der Waals surface area (Å²) in [6.07, 6.45) is 0.694. The van der Waals surface area contributed by atoms with Crippen LogP contribution in [0.3, 0.4) is 0 Å². The number of para-hydroxylation sites is 1. The third-order valence-electron chi connectivity index (χ3n) is 4.66. The fraction of sp³-hybridized carbons (Fsp3) is 0.250. The zero-order chi connectivity index (χ0) is 16.7. The van der Waals surface area contributed by atoms with Crippen molar-refractivity contribution in [1.29, 1.82) is 0 Å². The van der Waals surface area contributed by atoms with Crippen molar-refractivity contribution in [2.24, 2.45) is 5.92 Å². The molecule has 3 atom stereocenters. The fourth-order valence-electron chi connectivity index (χ4n) is 3.21. The number of hydrogen-bond donors (Lipinski definition) is 1. The van der Waals surface area contributed by atoms with Gasteiger partial charge in [0.15, 0.2) is 0 Å². The van der Waals surface area contributed by atoms with Crippen LogP contribution in [0.5, 0.6) is 0 Å². The van der Waals surface area contributed by atoms with Crippen molar-refractivity contribution in [2.45, 2.75) is 25.3 Å². The van der Waals surface area contributed by atoms with E-state index in [2.05, 4.69) is 5.32 Å². The number of benzene rings is 2. The lowest BCUT2D eigenvalue weighted by molar-refractivity contribution is -0.123. The Morgan fingerprint density at radius 2 is 1.96 bits per heavy atom. The van der Waals surface area contributed by atoms with Gasteiger partial charge in [-0.1, -0.05) is 36.4 Å². The van der Waals surface area contributed by atoms with E-state index < -0.39 is 0 Å². The summed E-state index contributed by atoms with van der Waals surface area (Å²) in [6, 6.07) is 16.2. The first-order valence-corrected chi connectivity index (χ1v) is 8.17. The highest BCUT2D eigenvalue weighted by molar-refractivity contribution is 5.83. The van der Waals surface area contributed by atoms with Gasteiger partial charge in [-0.05, 0) is 43.0 Å². The zero-order valence-corrected chi connectivity index (χ0v) is 13.3. The minimum Gasteiger partial charge on any atom is -0.459 e. The summed E-state index contributed by atoms with van der Waals surface area (Å²) in [5, 5.41) is 4.00. The van der Waals surface area contributed by atoms with Gasteiger partial charge < -0.3 is 9.73 Å². The van der Waals surface area contributed by atoms with Gasteiger partial charge in [0.2, 0.25) is 5.91 Å². The molecular formula is C20H18FNO2. The van der Waals surface area contributed by atoms with E-state index in [-0.39, 0.29) is 29.6 Å². The van der Waals surface area contributed by atoms with Gasteiger partial charge in [0.25, 0.3) is 0 Å². The predicted octanol–water partition coefficient (Wildman–Crippen LogP) is 4.55. The molecule has 1 aliphatic carbocycles. The average molecular weight is 323 g/mol. The molecule has 1 heterocycles. The Hall–Kier alpha value is -2.62. The van der Waals surface area contributed by atoms with Crippen LogP contribution in [0.15, 0.2) is 59.0 Å². The van der Waals surface area contributed by atoms with Crippen LogP contribution in [0.25, 0.3) is 11.0 Å². The maximum absolute atomic E-state index is 13.8. The Bertz CT molecular complexity index is 868. The Morgan fingerprint density at radius 1 is 1.21 bits per heavy atom. The summed E-state index contributed by atoms with van der Waals surface area (Å²) >= 11 is 0. The number of carbonyl (C=O) groups is 1. The molecule has 0 saturated heterocycles. The molecule has 0 bridgehead atoms. The van der Waals surface area contributed by atoms with Crippen molar-refractivity contribution in [2.75, 3.05) is 0 Å². The summed E-state index contributed by atoms with van der Waals surface area (Å²) in [6.45, 7) is 1.90. The van der Waals surface area contributed by atoms with Crippen molar-refractivity contribution < 1.29 is 13.6 Å². The molecule has 0 spiro atoms. The number of rotatable bonds is 4. The largest absolute Gasteiger partial charge is 0.459 e. The number of nitrogens with one attached hydrogen (secondary N) is 1. The van der Waals surface area contributed by atoms with Gasteiger partial charge in [-0.3, -0.25) is 4.79 Å². The van der Waals surface area contributed by atoms with Crippen LogP contribution < -0.4 is 5.32 Å². The van der Waals surface area contributed by atoms with Crippen molar-refractivity contribution in [1.82, 2.24) is 5.32 Å². The quantitative estimate of drug-likeness (QED) is 0.765. The highest BCUT2D eigenvalue weighted by Crippen LogP contribution is 2.48. The first-order valence-electron chi connectivity index (χ1n) is 8.17. The zero-order valence-electron chi connectivity index (χ0n) is 13.3. The lowest BCUT2D eigenvalue weighted by Crippen LogP contribution is -2.28. The molecule has 3 unspecified atom stereocenters. The van der Waals surface area contributed by atoms with Gasteiger partial charge in [0.1, 0.15) is 17.2 Å². The standard InChI is InChI=1S/C20H18FNO2/c1-12(19-10-13-6-2-5-9-18(13)24-19)22-20(23)16-11-15(16)14-7-3-4-8-17(14)21/h2-10,12,15-16H,11H2,1H3,(H,22,23). The normalized spacial score (nSPS) is 20.8. The fourth-order valence-corrected chi connectivity index (χ4v) is 3.21. The number of fused-ring (bicyclic) bond motifs is 1. The number of amides is 1. The molecule has 3 aromatic rings. The smallest absolute Gasteiger partial charge is 0.224 e. The van der Waals surface area contributed by atoms with Crippen LogP contribution in [0.4, 0.5) is 4.39 Å². The van der Waals surface area contributed by atoms with E-state index in [4.69, 9.17) is 4.42 Å². The minimum absolute atomic E-state index is 0.0194. The van der Waals surface area contributed by atoms with E-state index >= 15 is 0 Å². The van der Waals surface area contributed by atoms with Gasteiger partial charge in [-0.25, -0.2) is 4.39 Å². The average Bonchev–Trinajstić information content (AvgIpc) is 3.25. The van der Waals surface area contributed by atoms with Crippen molar-refractivity contribution in [3.05, 3.63) is 71.7 Å². The first kappa shape index (κ1) is 14.9. The van der Waals surface area contributed by atoms with Gasteiger partial charge in [-0.2, -0.15) is 0 Å². The number of furan rings is 1. The number of carbonyl (C=O) groups excluding carboxylic acids is 1. The second-order valence-electron chi connectivity index (χ2n) is 6.39. The van der Waals surface area contributed by atoms with Crippen molar-refractivity contribution >= 4 is 16.9 Å². The van der Waals surface area contributed by atoms with Crippen LogP contribution in [0, 0.1) is 11.7 Å². The Labute approximate surface area is 139 Å². The van der Waals surface area contributed by atoms with E-state index in [9.17, 15) is 9.18 Å². The van der Waals surface area contributed by atoms with E-state index in [1.165, 1.54) is 6.07 Å². The third kappa shape index (κ3) is 2.68. The Kier molecular flexibility index (Phi) is 3.60. The molecule has 1 saturated carbocycles. The minimum atomic E-state index is -0.233. The third-order valence-corrected chi connectivity index (χ3v) is 4.66. The second-order valence-corrected chi connectivity index (χ2v) is 6.39. The molecule has 0 aliphatic heterocycles. The summed E-state index contributed by atoms with van der Waals surface area (Å²) in [5.74, 6) is 0.273. The summed E-state index contributed by atoms with van der Waals surface area (Å²) in [7, 11) is 0. The molecule has 1 fully saturated rings. The van der Waals surface area contributed by atoms with Crippen LogP contribution in [-0.4, -0.2) is 5.91 Å². The molecule has 4 rings (SSSR count). The maximum atomic E-state index is 13.8. The van der Waals surface area contributed by atoms with Gasteiger partial charge in [0, 0.05) is 11.3 Å². The molecule has 1 aliphatic rings. The number of hydrogen-bond acceptors (Lipinski definition) is 2. The molecule has 4 heteroatoms. The van der Waals surface area contributed by atoms with Crippen molar-refractivity contribution in [3.63, 3.8) is 0 Å². The molecule has 122 valence electrons.